The predicted molar refractivity (Wildman–Crippen MR) is 139 cm³/mol. The summed E-state index contributed by atoms with van der Waals surface area (Å²) in [7, 11) is 0. The molecule has 2 aromatic carbocycles. The van der Waals surface area contributed by atoms with Crippen molar-refractivity contribution in [2.24, 2.45) is 16.1 Å². The van der Waals surface area contributed by atoms with Crippen molar-refractivity contribution in [2.75, 3.05) is 5.01 Å². The molecule has 36 heavy (non-hydrogen) atoms. The van der Waals surface area contributed by atoms with Gasteiger partial charge in [0.1, 0.15) is 4.88 Å². The van der Waals surface area contributed by atoms with Gasteiger partial charge in [-0.25, -0.2) is 0 Å². The summed E-state index contributed by atoms with van der Waals surface area (Å²) in [6, 6.07) is 16.3. The molecule has 6 rings (SSSR count). The van der Waals surface area contributed by atoms with Gasteiger partial charge in [0.15, 0.2) is 0 Å². The Balaban J connectivity index is 1.35. The molecule has 178 valence electrons. The minimum Gasteiger partial charge on any atom is -0.277 e. The summed E-state index contributed by atoms with van der Waals surface area (Å²) in [5.74, 6) is -0.472. The Morgan fingerprint density at radius 2 is 1.92 bits per heavy atom. The van der Waals surface area contributed by atoms with Gasteiger partial charge in [-0.05, 0) is 35.1 Å². The molecule has 3 aromatic rings. The van der Waals surface area contributed by atoms with E-state index in [1.54, 1.807) is 11.7 Å². The number of amides is 2. The number of fused-ring (bicyclic) bond motifs is 2. The van der Waals surface area contributed by atoms with Crippen LogP contribution in [0.1, 0.15) is 51.7 Å². The van der Waals surface area contributed by atoms with Crippen molar-refractivity contribution in [3.63, 3.8) is 0 Å². The number of aromatic nitrogens is 1. The van der Waals surface area contributed by atoms with Crippen LogP contribution in [0.3, 0.4) is 0 Å². The molecule has 3 unspecified atom stereocenters. The molecular weight excluding hydrogens is 470 g/mol. The van der Waals surface area contributed by atoms with Crippen LogP contribution in [-0.4, -0.2) is 16.8 Å². The van der Waals surface area contributed by atoms with Crippen molar-refractivity contribution >= 4 is 34.5 Å². The van der Waals surface area contributed by atoms with Gasteiger partial charge < -0.3 is 0 Å². The second kappa shape index (κ2) is 9.13. The lowest BCUT2D eigenvalue weighted by Gasteiger charge is -2.41. The molecule has 0 fully saturated rings. The summed E-state index contributed by atoms with van der Waals surface area (Å²) < 4.78 is 0. The van der Waals surface area contributed by atoms with Crippen molar-refractivity contribution < 1.29 is 9.59 Å². The van der Waals surface area contributed by atoms with E-state index >= 15 is 0 Å². The van der Waals surface area contributed by atoms with Gasteiger partial charge in [-0.2, -0.15) is 0 Å². The monoisotopic (exact) mass is 493 g/mol. The molecule has 0 spiro atoms. The number of allylic oxidation sites excluding steroid dienone is 3. The number of hydrogen-bond donors (Lipinski definition) is 1. The topological polar surface area (TPSA) is 87.0 Å². The number of carbonyl (C=O) groups excluding carboxylic acids is 2. The Bertz CT molecular complexity index is 1450. The number of nitrogens with zero attached hydrogens (tertiary/aromatic N) is 4. The SMILES string of the molecule is CC1CC(c2ccc(C3=C4C=CC=CC4C(=O)N=N3)cc2)N(NC(=O)c2cncs2)c2ccccc21. The van der Waals surface area contributed by atoms with Crippen LogP contribution in [-0.2, 0) is 4.79 Å². The van der Waals surface area contributed by atoms with Crippen LogP contribution < -0.4 is 10.4 Å². The van der Waals surface area contributed by atoms with E-state index in [1.165, 1.54) is 16.9 Å². The fourth-order valence-corrected chi connectivity index (χ4v) is 5.57. The Hall–Kier alpha value is -4.17. The standard InChI is InChI=1S/C28H23N5O2S/c1-17-14-24(33(23-9-5-4-6-20(17)23)32-28(35)25-15-29-16-36-25)18-10-12-19(13-11-18)26-21-7-2-3-8-22(21)27(34)31-30-26/h2-13,15-17,22,24H,14H2,1H3,(H,32,35). The van der Waals surface area contributed by atoms with Crippen molar-refractivity contribution in [1.82, 2.24) is 10.4 Å². The van der Waals surface area contributed by atoms with Gasteiger partial charge in [0.25, 0.3) is 11.8 Å². The number of benzene rings is 2. The smallest absolute Gasteiger partial charge is 0.277 e. The van der Waals surface area contributed by atoms with E-state index in [0.717, 1.165) is 28.8 Å². The third kappa shape index (κ3) is 3.89. The zero-order valence-corrected chi connectivity index (χ0v) is 20.4. The quantitative estimate of drug-likeness (QED) is 0.484. The highest BCUT2D eigenvalue weighted by Gasteiger charge is 2.33. The number of azo groups is 1. The molecule has 3 aliphatic rings. The first-order valence-electron chi connectivity index (χ1n) is 11.8. The number of rotatable bonds is 4. The molecule has 2 amide bonds. The van der Waals surface area contributed by atoms with E-state index in [2.05, 4.69) is 45.8 Å². The molecule has 3 heterocycles. The third-order valence-electron chi connectivity index (χ3n) is 6.88. The molecule has 0 saturated carbocycles. The molecule has 8 heteroatoms. The van der Waals surface area contributed by atoms with Crippen molar-refractivity contribution in [3.8, 4) is 0 Å². The first kappa shape index (κ1) is 22.3. The van der Waals surface area contributed by atoms with Crippen molar-refractivity contribution in [2.45, 2.75) is 25.3 Å². The highest BCUT2D eigenvalue weighted by Crippen LogP contribution is 2.44. The third-order valence-corrected chi connectivity index (χ3v) is 7.65. The molecule has 3 atom stereocenters. The average Bonchev–Trinajstić information content (AvgIpc) is 3.46. The molecule has 1 aliphatic carbocycles. The first-order valence-corrected chi connectivity index (χ1v) is 12.7. The minimum atomic E-state index is -0.379. The Morgan fingerprint density at radius 1 is 1.08 bits per heavy atom. The lowest BCUT2D eigenvalue weighted by atomic mass is 9.84. The summed E-state index contributed by atoms with van der Waals surface area (Å²) >= 11 is 1.32. The molecule has 1 N–H and O–H groups in total. The minimum absolute atomic E-state index is 0.0571. The van der Waals surface area contributed by atoms with Crippen molar-refractivity contribution in [1.29, 1.82) is 0 Å². The summed E-state index contributed by atoms with van der Waals surface area (Å²) in [4.78, 5) is 29.8. The fourth-order valence-electron chi connectivity index (χ4n) is 5.06. The summed E-state index contributed by atoms with van der Waals surface area (Å²) in [5, 5.41) is 10.1. The second-order valence-electron chi connectivity index (χ2n) is 9.07. The number of para-hydroxylation sites is 1. The van der Waals surface area contributed by atoms with Gasteiger partial charge >= 0.3 is 0 Å². The van der Waals surface area contributed by atoms with Gasteiger partial charge in [-0.3, -0.25) is 25.0 Å². The summed E-state index contributed by atoms with van der Waals surface area (Å²) in [6.07, 6.45) is 10.00. The molecule has 0 radical (unpaired) electrons. The van der Waals surface area contributed by atoms with E-state index in [1.807, 2.05) is 59.6 Å². The van der Waals surface area contributed by atoms with E-state index < -0.39 is 0 Å². The number of hydrazine groups is 1. The molecule has 2 aliphatic heterocycles. The summed E-state index contributed by atoms with van der Waals surface area (Å²) in [5.41, 5.74) is 10.6. The second-order valence-corrected chi connectivity index (χ2v) is 9.96. The van der Waals surface area contributed by atoms with Gasteiger partial charge in [0, 0.05) is 5.56 Å². The Morgan fingerprint density at radius 3 is 2.72 bits per heavy atom. The lowest BCUT2D eigenvalue weighted by molar-refractivity contribution is -0.119. The van der Waals surface area contributed by atoms with Crippen LogP contribution in [0.4, 0.5) is 5.69 Å². The van der Waals surface area contributed by atoms with E-state index in [9.17, 15) is 9.59 Å². The Labute approximate surface area is 212 Å². The highest BCUT2D eigenvalue weighted by molar-refractivity contribution is 7.11. The van der Waals surface area contributed by atoms with Crippen LogP contribution in [0.5, 0.6) is 0 Å². The first-order chi connectivity index (χ1) is 17.6. The lowest BCUT2D eigenvalue weighted by Crippen LogP contribution is -2.47. The van der Waals surface area contributed by atoms with Gasteiger partial charge in [-0.1, -0.05) is 73.7 Å². The Kier molecular flexibility index (Phi) is 5.65. The molecule has 0 bridgehead atoms. The molecule has 7 nitrogen and oxygen atoms in total. The highest BCUT2D eigenvalue weighted by atomic mass is 32.1. The van der Waals surface area contributed by atoms with Crippen LogP contribution in [0.15, 0.2) is 100 Å². The summed E-state index contributed by atoms with van der Waals surface area (Å²) in [6.45, 7) is 2.22. The molecule has 0 saturated heterocycles. The maximum Gasteiger partial charge on any atom is 0.281 e. The number of anilines is 1. The molecular formula is C28H23N5O2S. The fraction of sp³-hybridized carbons (Fsp3) is 0.179. The van der Waals surface area contributed by atoms with E-state index in [0.29, 0.717) is 16.5 Å². The van der Waals surface area contributed by atoms with Gasteiger partial charge in [0.05, 0.1) is 35.1 Å². The number of carbonyl (C=O) groups is 2. The normalized spacial score (nSPS) is 22.4. The van der Waals surface area contributed by atoms with Gasteiger partial charge in [0.2, 0.25) is 0 Å². The van der Waals surface area contributed by atoms with Crippen LogP contribution >= 0.6 is 11.3 Å². The predicted octanol–water partition coefficient (Wildman–Crippen LogP) is 5.99. The van der Waals surface area contributed by atoms with E-state index in [4.69, 9.17) is 0 Å². The van der Waals surface area contributed by atoms with Crippen LogP contribution in [0, 0.1) is 5.92 Å². The maximum atomic E-state index is 13.0. The van der Waals surface area contributed by atoms with Crippen LogP contribution in [0.2, 0.25) is 0 Å². The number of hydrogen-bond acceptors (Lipinski definition) is 6. The van der Waals surface area contributed by atoms with Gasteiger partial charge in [-0.15, -0.1) is 21.6 Å². The molecule has 1 aromatic heterocycles. The largest absolute Gasteiger partial charge is 0.281 e. The zero-order chi connectivity index (χ0) is 24.6. The average molecular weight is 494 g/mol. The number of thiazole rings is 1. The zero-order valence-electron chi connectivity index (χ0n) is 19.5. The van der Waals surface area contributed by atoms with Crippen LogP contribution in [0.25, 0.3) is 5.70 Å². The maximum absolute atomic E-state index is 13.0. The van der Waals surface area contributed by atoms with E-state index in [-0.39, 0.29) is 23.8 Å². The van der Waals surface area contributed by atoms with Crippen molar-refractivity contribution in [3.05, 3.63) is 112 Å². The number of nitrogens with one attached hydrogen (secondary N) is 1.